The van der Waals surface area contributed by atoms with E-state index >= 15 is 0 Å². The third kappa shape index (κ3) is 4.59. The molecule has 0 bridgehead atoms. The van der Waals surface area contributed by atoms with Crippen LogP contribution in [-0.2, 0) is 31.5 Å². The molecule has 0 saturated carbocycles. The van der Waals surface area contributed by atoms with E-state index in [0.29, 0.717) is 0 Å². The molecule has 0 aromatic heterocycles. The topological polar surface area (TPSA) is 267 Å². The van der Waals surface area contributed by atoms with Crippen molar-refractivity contribution in [3.8, 4) is 0 Å². The van der Waals surface area contributed by atoms with E-state index in [0.717, 1.165) is 0 Å². The van der Waals surface area contributed by atoms with Gasteiger partial charge in [0.25, 0.3) is 0 Å². The van der Waals surface area contributed by atoms with Crippen molar-refractivity contribution in [1.82, 2.24) is 0 Å². The summed E-state index contributed by atoms with van der Waals surface area (Å²) in [5, 5.41) is 77.2. The summed E-state index contributed by atoms with van der Waals surface area (Å²) < 4.78 is 17.9. The summed E-state index contributed by atoms with van der Waals surface area (Å²) >= 11 is -6.78. The zero-order valence-corrected chi connectivity index (χ0v) is 16.8. The Morgan fingerprint density at radius 1 is 0.448 bits per heavy atom. The van der Waals surface area contributed by atoms with Crippen LogP contribution in [0.15, 0.2) is 0 Å². The summed E-state index contributed by atoms with van der Waals surface area (Å²) in [4.78, 5) is 47.9. The molecule has 0 aliphatic carbocycles. The van der Waals surface area contributed by atoms with Gasteiger partial charge in [-0.05, 0) is 0 Å². The fraction of sp³-hybridized carbons (Fsp3) is 0.667. The van der Waals surface area contributed by atoms with Crippen LogP contribution in [0.4, 0.5) is 0 Å². The van der Waals surface area contributed by atoms with E-state index in [9.17, 15) is 60.0 Å². The van der Waals surface area contributed by atoms with E-state index in [1.54, 1.807) is 0 Å². The van der Waals surface area contributed by atoms with Crippen LogP contribution in [0, 0.1) is 0 Å². The van der Waals surface area contributed by atoms with E-state index in [1.807, 2.05) is 0 Å². The Labute approximate surface area is 165 Å². The molecule has 2 fully saturated rings. The fourth-order valence-electron chi connectivity index (χ4n) is 2.16. The Morgan fingerprint density at radius 2 is 0.621 bits per heavy atom. The number of hydrogen-bond acceptors (Lipinski definition) is 16. The van der Waals surface area contributed by atoms with Crippen LogP contribution < -0.4 is 0 Å². The van der Waals surface area contributed by atoms with Crippen molar-refractivity contribution in [2.75, 3.05) is 0 Å². The summed E-state index contributed by atoms with van der Waals surface area (Å²) in [6.45, 7) is 0. The predicted molar refractivity (Wildman–Crippen MR) is 78.2 cm³/mol. The first-order valence-electron chi connectivity index (χ1n) is 7.67. The van der Waals surface area contributed by atoms with Gasteiger partial charge in [0.1, 0.15) is 0 Å². The van der Waals surface area contributed by atoms with E-state index < -0.39 is 92.7 Å². The molecule has 0 aromatic carbocycles. The van der Waals surface area contributed by atoms with Crippen LogP contribution in [0.1, 0.15) is 0 Å². The molecule has 29 heavy (non-hydrogen) atoms. The van der Waals surface area contributed by atoms with E-state index in [2.05, 4.69) is 12.3 Å². The Kier molecular flexibility index (Phi) is 7.02. The van der Waals surface area contributed by atoms with Crippen molar-refractivity contribution < 1.29 is 72.3 Å². The maximum atomic E-state index is 12.0. The average molecular weight is 535 g/mol. The van der Waals surface area contributed by atoms with Crippen molar-refractivity contribution in [3.05, 3.63) is 0 Å². The van der Waals surface area contributed by atoms with Crippen molar-refractivity contribution in [1.29, 1.82) is 0 Å². The summed E-state index contributed by atoms with van der Waals surface area (Å²) in [5.41, 5.74) is 0. The van der Waals surface area contributed by atoms with Crippen LogP contribution in [0.5, 0.6) is 0 Å². The first-order chi connectivity index (χ1) is 13.3. The molecule has 0 aromatic rings. The zero-order valence-electron chi connectivity index (χ0n) is 14.0. The van der Waals surface area contributed by atoms with Crippen molar-refractivity contribution in [2.24, 2.45) is 0 Å². The fourth-order valence-corrected chi connectivity index (χ4v) is 7.07. The monoisotopic (exact) mass is 536 g/mol. The Balaban J connectivity index is 2.55. The molecule has 8 N–H and O–H groups in total. The number of aliphatic hydroxyl groups excluding tert-OH is 8. The van der Waals surface area contributed by atoms with Crippen LogP contribution >= 0.6 is 0 Å². The van der Waals surface area contributed by atoms with Crippen LogP contribution in [-0.4, -0.2) is 134 Å². The van der Waals surface area contributed by atoms with E-state index in [4.69, 9.17) is 0 Å². The quantitative estimate of drug-likeness (QED) is 0.134. The molecule has 1 spiro atoms. The average Bonchev–Trinajstić information content (AvgIpc) is 2.70. The summed E-state index contributed by atoms with van der Waals surface area (Å²) in [6.07, 6.45) is -20.7. The molecular weight excluding hydrogens is 519 g/mol. The van der Waals surface area contributed by atoms with Gasteiger partial charge in [-0.15, -0.1) is 0 Å². The second-order valence-electron chi connectivity index (χ2n) is 5.93. The Hall–Kier alpha value is -1.64. The minimum atomic E-state index is -6.78. The van der Waals surface area contributed by atoms with Gasteiger partial charge >= 0.3 is 165 Å². The van der Waals surface area contributed by atoms with Gasteiger partial charge in [-0.1, -0.05) is 0 Å². The first-order valence-corrected chi connectivity index (χ1v) is 12.3. The summed E-state index contributed by atoms with van der Waals surface area (Å²) in [6, 6.07) is 0. The molecule has 164 valence electrons. The molecule has 0 radical (unpaired) electrons. The standard InChI is InChI=1S/2C6H10O8.Sn/c2*7-1(3(9)5(11)12)2(8)4(10)6(13)14;/h2*1-4,7-10H,(H,11,12)(H,13,14);/q;;+4/p-4/t1-,2+,3-,4+;1-,2+,3-,4-;/m.1./s1. The summed E-state index contributed by atoms with van der Waals surface area (Å²) in [5.74, 6) is -7.78. The van der Waals surface area contributed by atoms with E-state index in [-0.39, 0.29) is 0 Å². The van der Waals surface area contributed by atoms with Crippen molar-refractivity contribution >= 4 is 43.9 Å². The molecular formula is C12H16O16Sn. The molecule has 2 rings (SSSR count). The Bertz CT molecular complexity index is 578. The summed E-state index contributed by atoms with van der Waals surface area (Å²) in [7, 11) is 0. The molecule has 17 heteroatoms. The third-order valence-electron chi connectivity index (χ3n) is 3.86. The van der Waals surface area contributed by atoms with Gasteiger partial charge in [0.05, 0.1) is 0 Å². The van der Waals surface area contributed by atoms with Crippen LogP contribution in [0.2, 0.25) is 0 Å². The predicted octanol–water partition coefficient (Wildman–Crippen LogP) is -7.49. The minimum absolute atomic E-state index is 1.95. The zero-order chi connectivity index (χ0) is 22.3. The molecule has 2 saturated heterocycles. The Morgan fingerprint density at radius 3 is 0.793 bits per heavy atom. The maximum absolute atomic E-state index is 12.0. The third-order valence-corrected chi connectivity index (χ3v) is 9.01. The van der Waals surface area contributed by atoms with Crippen LogP contribution in [0.3, 0.4) is 0 Å². The number of hydrogen-bond donors (Lipinski definition) is 8. The van der Waals surface area contributed by atoms with Gasteiger partial charge in [0.2, 0.25) is 0 Å². The first kappa shape index (κ1) is 23.6. The molecule has 16 nitrogen and oxygen atoms in total. The van der Waals surface area contributed by atoms with Gasteiger partial charge in [-0.25, -0.2) is 0 Å². The van der Waals surface area contributed by atoms with Crippen LogP contribution in [0.25, 0.3) is 0 Å². The normalized spacial score (nSPS) is 44.7. The molecule has 2 aliphatic heterocycles. The van der Waals surface area contributed by atoms with Gasteiger partial charge in [0.15, 0.2) is 0 Å². The van der Waals surface area contributed by atoms with E-state index in [1.165, 1.54) is 0 Å². The molecule has 1 unspecified atom stereocenters. The number of carbonyl (C=O) groups is 4. The molecule has 2 aliphatic rings. The van der Waals surface area contributed by atoms with Gasteiger partial charge in [0, 0.05) is 0 Å². The van der Waals surface area contributed by atoms with Crippen molar-refractivity contribution in [2.45, 2.75) is 48.8 Å². The second kappa shape index (κ2) is 8.61. The van der Waals surface area contributed by atoms with Crippen molar-refractivity contribution in [3.63, 3.8) is 0 Å². The van der Waals surface area contributed by atoms with Gasteiger partial charge in [-0.3, -0.25) is 0 Å². The van der Waals surface area contributed by atoms with Gasteiger partial charge < -0.3 is 0 Å². The number of rotatable bonds is 0. The van der Waals surface area contributed by atoms with Gasteiger partial charge in [-0.2, -0.15) is 0 Å². The molecule has 9 atom stereocenters. The SMILES string of the molecule is O=C1[O][Sn]2([O]C(=O)[C@H](O)[C@H](O)[C@H](O)[C@@H]1O)[O]C(=O)[C@H](O)[C@H](O)[C@H](O)[C@@H](O)C(=O)[O]2. The second-order valence-corrected chi connectivity index (χ2v) is 11.1. The number of aliphatic hydroxyl groups is 8. The molecule has 2 heterocycles. The molecule has 0 amide bonds. The number of carbonyl (C=O) groups excluding carboxylic acids is 4.